The number of fused-ring (bicyclic) bond motifs is 1. The fourth-order valence-corrected chi connectivity index (χ4v) is 4.58. The van der Waals surface area contributed by atoms with E-state index in [0.717, 1.165) is 55.0 Å². The third-order valence-corrected chi connectivity index (χ3v) is 6.63. The Bertz CT molecular complexity index is 1250. The summed E-state index contributed by atoms with van der Waals surface area (Å²) in [6.07, 6.45) is 4.87. The molecule has 3 aromatic rings. The van der Waals surface area contributed by atoms with Crippen molar-refractivity contribution < 1.29 is 14.3 Å². The van der Waals surface area contributed by atoms with Crippen molar-refractivity contribution in [3.8, 4) is 0 Å². The number of anilines is 1. The minimum absolute atomic E-state index is 0.290. The molecule has 216 valence electrons. The van der Waals surface area contributed by atoms with E-state index in [2.05, 4.69) is 60.0 Å². The van der Waals surface area contributed by atoms with Gasteiger partial charge in [0.05, 0.1) is 0 Å². The molecule has 40 heavy (non-hydrogen) atoms. The summed E-state index contributed by atoms with van der Waals surface area (Å²) < 4.78 is 5.46. The van der Waals surface area contributed by atoms with Gasteiger partial charge in [0.2, 0.25) is 5.91 Å². The number of carbonyl (C=O) groups excluding carboxylic acids is 2. The Morgan fingerprint density at radius 3 is 2.08 bits per heavy atom. The molecule has 2 amide bonds. The number of ether oxygens (including phenoxy) is 1. The van der Waals surface area contributed by atoms with Crippen molar-refractivity contribution in [3.63, 3.8) is 0 Å². The number of hydrogen-bond donors (Lipinski definition) is 3. The Kier molecular flexibility index (Phi) is 11.5. The maximum absolute atomic E-state index is 13.4. The summed E-state index contributed by atoms with van der Waals surface area (Å²) in [4.78, 5) is 28.2. The molecule has 0 aromatic heterocycles. The second kappa shape index (κ2) is 14.8. The number of nitrogens with zero attached hydrogens (tertiary/aromatic N) is 1. The van der Waals surface area contributed by atoms with Crippen LogP contribution in [0.1, 0.15) is 56.7 Å². The lowest BCUT2D eigenvalue weighted by molar-refractivity contribution is -0.118. The molecule has 7 nitrogen and oxygen atoms in total. The number of benzene rings is 3. The number of carbonyl (C=O) groups is 2. The molecule has 0 aliphatic heterocycles. The summed E-state index contributed by atoms with van der Waals surface area (Å²) in [5, 5.41) is 8.02. The zero-order valence-corrected chi connectivity index (χ0v) is 24.8. The molecule has 0 saturated carbocycles. The highest BCUT2D eigenvalue weighted by Crippen LogP contribution is 2.21. The number of unbranched alkanes of at least 4 members (excludes halogenated alkanes) is 1. The molecule has 0 saturated heterocycles. The van der Waals surface area contributed by atoms with E-state index in [1.54, 1.807) is 20.8 Å². The number of hydrogen-bond acceptors (Lipinski definition) is 5. The quantitative estimate of drug-likeness (QED) is 0.239. The van der Waals surface area contributed by atoms with Crippen molar-refractivity contribution in [2.75, 3.05) is 32.5 Å². The lowest BCUT2D eigenvalue weighted by Crippen LogP contribution is -2.47. The molecule has 7 heteroatoms. The summed E-state index contributed by atoms with van der Waals surface area (Å²) in [5.41, 5.74) is 9.13. The van der Waals surface area contributed by atoms with Gasteiger partial charge in [-0.05, 0) is 120 Å². The highest BCUT2D eigenvalue weighted by molar-refractivity contribution is 5.97. The monoisotopic (exact) mass is 546 g/mol. The fraction of sp³-hybridized carbons (Fsp3) is 0.455. The largest absolute Gasteiger partial charge is 0.444 e. The van der Waals surface area contributed by atoms with E-state index in [1.807, 2.05) is 30.3 Å². The van der Waals surface area contributed by atoms with Crippen LogP contribution >= 0.6 is 0 Å². The third kappa shape index (κ3) is 10.6. The zero-order chi connectivity index (χ0) is 29.1. The Hall–Kier alpha value is -3.42. The standard InChI is InChI=1S/C33H46N4O3/c1-33(2,3)40-32(39)36-30(31(38)35-29-17-13-24(14-18-29)10-8-20-37(4)5)23-26-12-16-27-21-25(9-6-7-19-34)11-15-28(27)22-26/h11-18,21-22,30H,6-10,19-20,23,34H2,1-5H3,(H,35,38)(H,36,39)/t30-/m0/s1. The summed E-state index contributed by atoms with van der Waals surface area (Å²) >= 11 is 0. The van der Waals surface area contributed by atoms with Gasteiger partial charge >= 0.3 is 6.09 Å². The van der Waals surface area contributed by atoms with Crippen LogP contribution in [-0.2, 0) is 28.8 Å². The maximum atomic E-state index is 13.4. The summed E-state index contributed by atoms with van der Waals surface area (Å²) in [7, 11) is 4.14. The number of nitrogens with one attached hydrogen (secondary N) is 2. The molecule has 0 radical (unpaired) electrons. The molecule has 3 rings (SSSR count). The van der Waals surface area contributed by atoms with E-state index in [0.29, 0.717) is 18.7 Å². The van der Waals surface area contributed by atoms with E-state index in [-0.39, 0.29) is 5.91 Å². The molecular formula is C33H46N4O3. The summed E-state index contributed by atoms with van der Waals surface area (Å²) in [6.45, 7) is 7.15. The zero-order valence-electron chi connectivity index (χ0n) is 24.8. The average molecular weight is 547 g/mol. The van der Waals surface area contributed by atoms with Crippen molar-refractivity contribution in [2.24, 2.45) is 5.73 Å². The van der Waals surface area contributed by atoms with Gasteiger partial charge in [-0.2, -0.15) is 0 Å². The van der Waals surface area contributed by atoms with Gasteiger partial charge in [0.1, 0.15) is 11.6 Å². The Morgan fingerprint density at radius 2 is 1.45 bits per heavy atom. The highest BCUT2D eigenvalue weighted by atomic mass is 16.6. The van der Waals surface area contributed by atoms with Crippen LogP contribution in [0.25, 0.3) is 10.8 Å². The van der Waals surface area contributed by atoms with Gasteiger partial charge in [-0.25, -0.2) is 4.79 Å². The predicted molar refractivity (Wildman–Crippen MR) is 165 cm³/mol. The molecule has 0 spiro atoms. The van der Waals surface area contributed by atoms with Crippen molar-refractivity contribution in [2.45, 2.75) is 70.9 Å². The summed E-state index contributed by atoms with van der Waals surface area (Å²) in [6, 6.07) is 19.8. The smallest absolute Gasteiger partial charge is 0.408 e. The fourth-order valence-electron chi connectivity index (χ4n) is 4.58. The molecule has 0 heterocycles. The lowest BCUT2D eigenvalue weighted by atomic mass is 9.98. The van der Waals surface area contributed by atoms with Crippen molar-refractivity contribution in [3.05, 3.63) is 77.4 Å². The normalized spacial score (nSPS) is 12.4. The van der Waals surface area contributed by atoms with Crippen LogP contribution in [0.15, 0.2) is 60.7 Å². The minimum Gasteiger partial charge on any atom is -0.444 e. The number of rotatable bonds is 13. The van der Waals surface area contributed by atoms with Crippen LogP contribution in [0.5, 0.6) is 0 Å². The first-order valence-electron chi connectivity index (χ1n) is 14.3. The van der Waals surface area contributed by atoms with Gasteiger partial charge in [0.15, 0.2) is 0 Å². The molecule has 1 atom stereocenters. The molecule has 0 aliphatic carbocycles. The second-order valence-electron chi connectivity index (χ2n) is 11.8. The Balaban J connectivity index is 1.72. The summed E-state index contributed by atoms with van der Waals surface area (Å²) in [5.74, 6) is -0.290. The van der Waals surface area contributed by atoms with Crippen LogP contribution < -0.4 is 16.4 Å². The Labute approximate surface area is 239 Å². The van der Waals surface area contributed by atoms with Crippen LogP contribution in [-0.4, -0.2) is 55.7 Å². The lowest BCUT2D eigenvalue weighted by Gasteiger charge is -2.23. The van der Waals surface area contributed by atoms with E-state index in [1.165, 1.54) is 11.1 Å². The number of aryl methyl sites for hydroxylation is 2. The third-order valence-electron chi connectivity index (χ3n) is 6.63. The van der Waals surface area contributed by atoms with E-state index in [4.69, 9.17) is 10.5 Å². The number of nitrogens with two attached hydrogens (primary N) is 1. The van der Waals surface area contributed by atoms with Gasteiger partial charge in [-0.15, -0.1) is 0 Å². The first-order chi connectivity index (χ1) is 19.0. The first kappa shape index (κ1) is 31.1. The van der Waals surface area contributed by atoms with Crippen LogP contribution in [0.2, 0.25) is 0 Å². The van der Waals surface area contributed by atoms with Gasteiger partial charge in [0.25, 0.3) is 0 Å². The van der Waals surface area contributed by atoms with Gasteiger partial charge < -0.3 is 26.0 Å². The van der Waals surface area contributed by atoms with Crippen molar-refractivity contribution in [1.29, 1.82) is 0 Å². The van der Waals surface area contributed by atoms with Crippen LogP contribution in [0, 0.1) is 0 Å². The molecule has 0 unspecified atom stereocenters. The Morgan fingerprint density at radius 1 is 0.850 bits per heavy atom. The minimum atomic E-state index is -0.803. The predicted octanol–water partition coefficient (Wildman–Crippen LogP) is 5.69. The van der Waals surface area contributed by atoms with Gasteiger partial charge in [-0.3, -0.25) is 4.79 Å². The van der Waals surface area contributed by atoms with E-state index in [9.17, 15) is 9.59 Å². The molecule has 0 fully saturated rings. The van der Waals surface area contributed by atoms with Crippen molar-refractivity contribution >= 4 is 28.5 Å². The molecule has 3 aromatic carbocycles. The van der Waals surface area contributed by atoms with Crippen LogP contribution in [0.3, 0.4) is 0 Å². The first-order valence-corrected chi connectivity index (χ1v) is 14.3. The molecule has 4 N–H and O–H groups in total. The highest BCUT2D eigenvalue weighted by Gasteiger charge is 2.25. The van der Waals surface area contributed by atoms with Gasteiger partial charge in [-0.1, -0.05) is 48.5 Å². The molecule has 0 aliphatic rings. The van der Waals surface area contributed by atoms with Gasteiger partial charge in [0, 0.05) is 12.1 Å². The number of alkyl carbamates (subject to hydrolysis) is 1. The second-order valence-corrected chi connectivity index (χ2v) is 11.8. The van der Waals surface area contributed by atoms with Crippen LogP contribution in [0.4, 0.5) is 10.5 Å². The van der Waals surface area contributed by atoms with E-state index < -0.39 is 17.7 Å². The molecular weight excluding hydrogens is 500 g/mol. The SMILES string of the molecule is CN(C)CCCc1ccc(NC(=O)[C@H](Cc2ccc3cc(CCCCN)ccc3c2)NC(=O)OC(C)(C)C)cc1. The number of amides is 2. The van der Waals surface area contributed by atoms with Crippen molar-refractivity contribution in [1.82, 2.24) is 10.2 Å². The maximum Gasteiger partial charge on any atom is 0.408 e. The average Bonchev–Trinajstić information content (AvgIpc) is 2.88. The van der Waals surface area contributed by atoms with E-state index >= 15 is 0 Å². The topological polar surface area (TPSA) is 96.7 Å². The molecule has 0 bridgehead atoms.